The first-order chi connectivity index (χ1) is 9.56. The van der Waals surface area contributed by atoms with E-state index in [0.29, 0.717) is 6.04 Å². The third kappa shape index (κ3) is 3.97. The molecule has 1 aromatic carbocycles. The van der Waals surface area contributed by atoms with Gasteiger partial charge in [0.1, 0.15) is 0 Å². The van der Waals surface area contributed by atoms with E-state index >= 15 is 0 Å². The number of hydrogen-bond acceptors (Lipinski definition) is 2. The van der Waals surface area contributed by atoms with E-state index in [4.69, 9.17) is 0 Å². The van der Waals surface area contributed by atoms with Crippen LogP contribution in [0, 0.1) is 6.92 Å². The average Bonchev–Trinajstić information content (AvgIpc) is 2.46. The SMILES string of the molecule is Cc1ccc(CNC2CCN(C(=O)N(C)C)CC2)cc1. The Morgan fingerprint density at radius 3 is 2.40 bits per heavy atom. The minimum Gasteiger partial charge on any atom is -0.331 e. The molecule has 4 heteroatoms. The molecule has 0 aliphatic carbocycles. The topological polar surface area (TPSA) is 35.6 Å². The van der Waals surface area contributed by atoms with Crippen LogP contribution in [0.3, 0.4) is 0 Å². The molecule has 0 spiro atoms. The van der Waals surface area contributed by atoms with Crippen molar-refractivity contribution in [3.8, 4) is 0 Å². The van der Waals surface area contributed by atoms with Gasteiger partial charge in [-0.15, -0.1) is 0 Å². The average molecular weight is 275 g/mol. The predicted molar refractivity (Wildman–Crippen MR) is 81.7 cm³/mol. The molecule has 20 heavy (non-hydrogen) atoms. The van der Waals surface area contributed by atoms with Gasteiger partial charge in [0, 0.05) is 39.8 Å². The van der Waals surface area contributed by atoms with Crippen LogP contribution < -0.4 is 5.32 Å². The van der Waals surface area contributed by atoms with Crippen LogP contribution >= 0.6 is 0 Å². The molecule has 1 fully saturated rings. The summed E-state index contributed by atoms with van der Waals surface area (Å²) in [6, 6.07) is 9.29. The summed E-state index contributed by atoms with van der Waals surface area (Å²) in [6.45, 7) is 4.71. The number of piperidine rings is 1. The summed E-state index contributed by atoms with van der Waals surface area (Å²) in [5.41, 5.74) is 2.62. The summed E-state index contributed by atoms with van der Waals surface area (Å²) in [4.78, 5) is 15.4. The fourth-order valence-electron chi connectivity index (χ4n) is 2.53. The number of urea groups is 1. The van der Waals surface area contributed by atoms with E-state index in [1.54, 1.807) is 4.90 Å². The molecule has 1 heterocycles. The summed E-state index contributed by atoms with van der Waals surface area (Å²) in [7, 11) is 3.62. The highest BCUT2D eigenvalue weighted by Crippen LogP contribution is 2.12. The van der Waals surface area contributed by atoms with Gasteiger partial charge >= 0.3 is 6.03 Å². The van der Waals surface area contributed by atoms with Crippen LogP contribution in [0.1, 0.15) is 24.0 Å². The lowest BCUT2D eigenvalue weighted by atomic mass is 10.0. The minimum atomic E-state index is 0.127. The Balaban J connectivity index is 1.74. The Morgan fingerprint density at radius 2 is 1.85 bits per heavy atom. The first-order valence-electron chi connectivity index (χ1n) is 7.31. The molecule has 1 N–H and O–H groups in total. The van der Waals surface area contributed by atoms with Crippen molar-refractivity contribution in [2.45, 2.75) is 32.4 Å². The highest BCUT2D eigenvalue weighted by atomic mass is 16.2. The van der Waals surface area contributed by atoms with Crippen LogP contribution in [0.5, 0.6) is 0 Å². The second-order valence-corrected chi connectivity index (χ2v) is 5.80. The molecule has 0 atom stereocenters. The lowest BCUT2D eigenvalue weighted by Gasteiger charge is -2.34. The summed E-state index contributed by atoms with van der Waals surface area (Å²) in [5, 5.41) is 3.59. The maximum absolute atomic E-state index is 11.8. The standard InChI is InChI=1S/C16H25N3O/c1-13-4-6-14(7-5-13)12-17-15-8-10-19(11-9-15)16(20)18(2)3/h4-7,15,17H,8-12H2,1-3H3. The van der Waals surface area contributed by atoms with Gasteiger partial charge in [0.05, 0.1) is 0 Å². The molecule has 0 unspecified atom stereocenters. The van der Waals surface area contributed by atoms with E-state index in [-0.39, 0.29) is 6.03 Å². The van der Waals surface area contributed by atoms with Crippen molar-refractivity contribution in [2.24, 2.45) is 0 Å². The predicted octanol–water partition coefficient (Wildman–Crippen LogP) is 2.23. The Kier molecular flexibility index (Phi) is 5.01. The van der Waals surface area contributed by atoms with Crippen LogP contribution in [0.15, 0.2) is 24.3 Å². The number of rotatable bonds is 3. The lowest BCUT2D eigenvalue weighted by molar-refractivity contribution is 0.152. The zero-order chi connectivity index (χ0) is 14.5. The molecule has 0 aromatic heterocycles. The largest absolute Gasteiger partial charge is 0.331 e. The third-order valence-corrected chi connectivity index (χ3v) is 3.86. The summed E-state index contributed by atoms with van der Waals surface area (Å²) in [5.74, 6) is 0. The third-order valence-electron chi connectivity index (χ3n) is 3.86. The van der Waals surface area contributed by atoms with Gasteiger partial charge in [-0.05, 0) is 25.3 Å². The van der Waals surface area contributed by atoms with Crippen molar-refractivity contribution in [1.82, 2.24) is 15.1 Å². The molecule has 2 amide bonds. The van der Waals surface area contributed by atoms with Crippen molar-refractivity contribution in [3.05, 3.63) is 35.4 Å². The molecule has 1 aliphatic heterocycles. The molecule has 1 aromatic rings. The number of likely N-dealkylation sites (tertiary alicyclic amines) is 1. The molecule has 0 radical (unpaired) electrons. The summed E-state index contributed by atoms with van der Waals surface area (Å²) < 4.78 is 0. The number of nitrogens with zero attached hydrogens (tertiary/aromatic N) is 2. The number of nitrogens with one attached hydrogen (secondary N) is 1. The van der Waals surface area contributed by atoms with Gasteiger partial charge in [0.25, 0.3) is 0 Å². The van der Waals surface area contributed by atoms with Crippen molar-refractivity contribution >= 4 is 6.03 Å². The number of hydrogen-bond donors (Lipinski definition) is 1. The van der Waals surface area contributed by atoms with Gasteiger partial charge in [0.15, 0.2) is 0 Å². The van der Waals surface area contributed by atoms with E-state index < -0.39 is 0 Å². The molecular formula is C16H25N3O. The van der Waals surface area contributed by atoms with Gasteiger partial charge < -0.3 is 15.1 Å². The first kappa shape index (κ1) is 14.9. The monoisotopic (exact) mass is 275 g/mol. The Bertz CT molecular complexity index is 434. The molecule has 0 bridgehead atoms. The van der Waals surface area contributed by atoms with E-state index in [0.717, 1.165) is 32.5 Å². The summed E-state index contributed by atoms with van der Waals surface area (Å²) >= 11 is 0. The van der Waals surface area contributed by atoms with Gasteiger partial charge in [-0.25, -0.2) is 4.79 Å². The quantitative estimate of drug-likeness (QED) is 0.918. The van der Waals surface area contributed by atoms with Crippen molar-refractivity contribution in [1.29, 1.82) is 0 Å². The van der Waals surface area contributed by atoms with Crippen LogP contribution in [0.2, 0.25) is 0 Å². The highest BCUT2D eigenvalue weighted by Gasteiger charge is 2.23. The van der Waals surface area contributed by atoms with Crippen LogP contribution in [0.25, 0.3) is 0 Å². The minimum absolute atomic E-state index is 0.127. The molecule has 4 nitrogen and oxygen atoms in total. The van der Waals surface area contributed by atoms with Crippen LogP contribution in [-0.2, 0) is 6.54 Å². The molecular weight excluding hydrogens is 250 g/mol. The second-order valence-electron chi connectivity index (χ2n) is 5.80. The van der Waals surface area contributed by atoms with Crippen LogP contribution in [-0.4, -0.2) is 49.1 Å². The van der Waals surface area contributed by atoms with E-state index in [1.807, 2.05) is 19.0 Å². The maximum atomic E-state index is 11.8. The lowest BCUT2D eigenvalue weighted by Crippen LogP contribution is -2.47. The van der Waals surface area contributed by atoms with E-state index in [2.05, 4.69) is 36.5 Å². The second kappa shape index (κ2) is 6.75. The fraction of sp³-hybridized carbons (Fsp3) is 0.562. The first-order valence-corrected chi connectivity index (χ1v) is 7.31. The number of benzene rings is 1. The van der Waals surface area contributed by atoms with Crippen molar-refractivity contribution in [3.63, 3.8) is 0 Å². The highest BCUT2D eigenvalue weighted by molar-refractivity contribution is 5.73. The normalized spacial score (nSPS) is 16.2. The molecule has 1 saturated heterocycles. The maximum Gasteiger partial charge on any atom is 0.319 e. The van der Waals surface area contributed by atoms with Crippen molar-refractivity contribution < 1.29 is 4.79 Å². The number of aryl methyl sites for hydroxylation is 1. The number of carbonyl (C=O) groups is 1. The Labute approximate surface area is 121 Å². The fourth-order valence-corrected chi connectivity index (χ4v) is 2.53. The smallest absolute Gasteiger partial charge is 0.319 e. The Hall–Kier alpha value is -1.55. The van der Waals surface area contributed by atoms with Gasteiger partial charge in [-0.2, -0.15) is 0 Å². The molecule has 110 valence electrons. The van der Waals surface area contributed by atoms with Crippen LogP contribution in [0.4, 0.5) is 4.79 Å². The summed E-state index contributed by atoms with van der Waals surface area (Å²) in [6.07, 6.45) is 2.07. The Morgan fingerprint density at radius 1 is 1.25 bits per heavy atom. The van der Waals surface area contributed by atoms with E-state index in [1.165, 1.54) is 11.1 Å². The van der Waals surface area contributed by atoms with E-state index in [9.17, 15) is 4.79 Å². The zero-order valence-electron chi connectivity index (χ0n) is 12.7. The van der Waals surface area contributed by atoms with Gasteiger partial charge in [0.2, 0.25) is 0 Å². The van der Waals surface area contributed by atoms with Crippen molar-refractivity contribution in [2.75, 3.05) is 27.2 Å². The molecule has 2 rings (SSSR count). The van der Waals surface area contributed by atoms with Gasteiger partial charge in [-0.3, -0.25) is 0 Å². The van der Waals surface area contributed by atoms with Gasteiger partial charge in [-0.1, -0.05) is 29.8 Å². The molecule has 0 saturated carbocycles. The number of amides is 2. The molecule has 1 aliphatic rings. The number of carbonyl (C=O) groups excluding carboxylic acids is 1. The zero-order valence-corrected chi connectivity index (χ0v) is 12.7.